The van der Waals surface area contributed by atoms with Gasteiger partial charge in [0.05, 0.1) is 12.1 Å². The molecule has 0 fully saturated rings. The summed E-state index contributed by atoms with van der Waals surface area (Å²) in [6, 6.07) is 12.4. The van der Waals surface area contributed by atoms with E-state index in [0.29, 0.717) is 22.6 Å². The molecule has 1 amide bonds. The fourth-order valence-corrected chi connectivity index (χ4v) is 3.02. The second kappa shape index (κ2) is 6.82. The second-order valence-electron chi connectivity index (χ2n) is 6.31. The Labute approximate surface area is 162 Å². The maximum Gasteiger partial charge on any atom is 0.420 e. The molecule has 0 atom stereocenters. The summed E-state index contributed by atoms with van der Waals surface area (Å²) in [4.78, 5) is 28.4. The van der Waals surface area contributed by atoms with Crippen LogP contribution in [0.5, 0.6) is 11.5 Å². The van der Waals surface area contributed by atoms with E-state index in [0.717, 1.165) is 5.56 Å². The number of ether oxygens (including phenoxy) is 2. The zero-order chi connectivity index (χ0) is 19.8. The molecule has 0 saturated carbocycles. The number of hydrogen-bond donors (Lipinski definition) is 1. The summed E-state index contributed by atoms with van der Waals surface area (Å²) in [5.74, 6) is 0.238. The molecule has 0 saturated heterocycles. The molecule has 1 aliphatic heterocycles. The number of benzene rings is 2. The van der Waals surface area contributed by atoms with Gasteiger partial charge in [-0.25, -0.2) is 4.79 Å². The van der Waals surface area contributed by atoms with E-state index in [-0.39, 0.29) is 31.6 Å². The molecular formula is C19H14N4O6. The molecule has 10 nitrogen and oxygen atoms in total. The predicted octanol–water partition coefficient (Wildman–Crippen LogP) is 1.68. The van der Waals surface area contributed by atoms with Crippen LogP contribution in [0, 0.1) is 0 Å². The molecule has 1 N–H and O–H groups in total. The Kier molecular flexibility index (Phi) is 4.01. The summed E-state index contributed by atoms with van der Waals surface area (Å²) < 4.78 is 22.1. The topological polar surface area (TPSA) is 122 Å². The number of carbonyl (C=O) groups excluding carboxylic acids is 1. The Morgan fingerprint density at radius 2 is 2.00 bits per heavy atom. The van der Waals surface area contributed by atoms with Crippen molar-refractivity contribution in [3.8, 4) is 11.5 Å². The highest BCUT2D eigenvalue weighted by Crippen LogP contribution is 2.32. The van der Waals surface area contributed by atoms with E-state index < -0.39 is 11.7 Å². The lowest BCUT2D eigenvalue weighted by molar-refractivity contribution is 0.0907. The molecule has 10 heteroatoms. The van der Waals surface area contributed by atoms with Crippen LogP contribution in [-0.4, -0.2) is 27.4 Å². The number of fused-ring (bicyclic) bond motifs is 2. The second-order valence-corrected chi connectivity index (χ2v) is 6.31. The molecule has 3 heterocycles. The van der Waals surface area contributed by atoms with E-state index in [4.69, 9.17) is 18.4 Å². The highest BCUT2D eigenvalue weighted by atomic mass is 16.7. The zero-order valence-corrected chi connectivity index (χ0v) is 15.0. The average molecular weight is 394 g/mol. The van der Waals surface area contributed by atoms with Crippen molar-refractivity contribution in [3.05, 3.63) is 70.3 Å². The third kappa shape index (κ3) is 3.20. The van der Waals surface area contributed by atoms with Crippen LogP contribution in [0.25, 0.3) is 11.1 Å². The minimum Gasteiger partial charge on any atom is -0.454 e. The molecule has 0 radical (unpaired) electrons. The van der Waals surface area contributed by atoms with Gasteiger partial charge in [-0.15, -0.1) is 0 Å². The van der Waals surface area contributed by atoms with Gasteiger partial charge in [-0.2, -0.15) is 4.98 Å². The van der Waals surface area contributed by atoms with Crippen molar-refractivity contribution < 1.29 is 23.2 Å². The van der Waals surface area contributed by atoms with Gasteiger partial charge in [-0.3, -0.25) is 9.36 Å². The number of amides is 1. The van der Waals surface area contributed by atoms with Gasteiger partial charge in [0.2, 0.25) is 6.79 Å². The molecule has 0 bridgehead atoms. The molecule has 29 heavy (non-hydrogen) atoms. The Bertz CT molecular complexity index is 1270. The normalized spacial score (nSPS) is 12.4. The number of nitrogens with one attached hydrogen (secondary N) is 1. The average Bonchev–Trinajstić information content (AvgIpc) is 3.45. The van der Waals surface area contributed by atoms with E-state index in [1.807, 2.05) is 6.07 Å². The minimum atomic E-state index is -0.537. The first-order valence-corrected chi connectivity index (χ1v) is 8.75. The van der Waals surface area contributed by atoms with Crippen molar-refractivity contribution in [2.24, 2.45) is 0 Å². The summed E-state index contributed by atoms with van der Waals surface area (Å²) >= 11 is 0. The molecule has 0 unspecified atom stereocenters. The Morgan fingerprint density at radius 1 is 1.14 bits per heavy atom. The molecule has 0 spiro atoms. The van der Waals surface area contributed by atoms with Crippen LogP contribution in [0.1, 0.15) is 22.1 Å². The standard InChI is InChI=1S/C19H14N4O6/c24-17(20-8-11-5-6-14-15(7-11)27-10-26-14)18-21-16(22-29-18)9-23-12-3-1-2-4-13(12)28-19(23)25/h1-7H,8-10H2,(H,20,24). The molecule has 2 aromatic carbocycles. The first-order valence-electron chi connectivity index (χ1n) is 8.75. The van der Waals surface area contributed by atoms with E-state index in [1.54, 1.807) is 36.4 Å². The van der Waals surface area contributed by atoms with Crippen molar-refractivity contribution >= 4 is 17.0 Å². The highest BCUT2D eigenvalue weighted by molar-refractivity contribution is 5.89. The summed E-state index contributed by atoms with van der Waals surface area (Å²) in [6.45, 7) is 0.457. The fraction of sp³-hybridized carbons (Fsp3) is 0.158. The Morgan fingerprint density at radius 3 is 2.93 bits per heavy atom. The number of hydrogen-bond acceptors (Lipinski definition) is 8. The van der Waals surface area contributed by atoms with E-state index >= 15 is 0 Å². The monoisotopic (exact) mass is 394 g/mol. The smallest absolute Gasteiger partial charge is 0.420 e. The molecule has 0 aliphatic carbocycles. The van der Waals surface area contributed by atoms with Gasteiger partial charge in [0.25, 0.3) is 0 Å². The SMILES string of the molecule is O=C(NCc1ccc2c(c1)OCO2)c1nc(Cn2c(=O)oc3ccccc32)no1. The van der Waals surface area contributed by atoms with Crippen molar-refractivity contribution in [1.29, 1.82) is 0 Å². The van der Waals surface area contributed by atoms with E-state index in [1.165, 1.54) is 4.57 Å². The van der Waals surface area contributed by atoms with Crippen LogP contribution in [0.15, 0.2) is 56.2 Å². The number of rotatable bonds is 5. The third-order valence-corrected chi connectivity index (χ3v) is 4.43. The lowest BCUT2D eigenvalue weighted by atomic mass is 10.2. The van der Waals surface area contributed by atoms with Crippen molar-refractivity contribution in [3.63, 3.8) is 0 Å². The van der Waals surface area contributed by atoms with Crippen LogP contribution < -0.4 is 20.5 Å². The van der Waals surface area contributed by atoms with Crippen molar-refractivity contribution in [1.82, 2.24) is 20.0 Å². The van der Waals surface area contributed by atoms with Crippen LogP contribution in [0.3, 0.4) is 0 Å². The number of carbonyl (C=O) groups is 1. The Hall–Kier alpha value is -4.08. The maximum atomic E-state index is 12.3. The quantitative estimate of drug-likeness (QED) is 0.543. The molecule has 4 aromatic rings. The van der Waals surface area contributed by atoms with Crippen molar-refractivity contribution in [2.75, 3.05) is 6.79 Å². The first-order chi connectivity index (χ1) is 14.2. The van der Waals surface area contributed by atoms with Gasteiger partial charge in [0.1, 0.15) is 0 Å². The number of oxazole rings is 1. The molecule has 2 aromatic heterocycles. The molecular weight excluding hydrogens is 380 g/mol. The third-order valence-electron chi connectivity index (χ3n) is 4.43. The number of para-hydroxylation sites is 2. The summed E-state index contributed by atoms with van der Waals surface area (Å²) in [5.41, 5.74) is 1.90. The van der Waals surface area contributed by atoms with Crippen molar-refractivity contribution in [2.45, 2.75) is 13.1 Å². The zero-order valence-electron chi connectivity index (χ0n) is 15.0. The largest absolute Gasteiger partial charge is 0.454 e. The fourth-order valence-electron chi connectivity index (χ4n) is 3.02. The van der Waals surface area contributed by atoms with Crippen LogP contribution >= 0.6 is 0 Å². The van der Waals surface area contributed by atoms with Gasteiger partial charge in [0.15, 0.2) is 22.9 Å². The van der Waals surface area contributed by atoms with Crippen LogP contribution in [0.4, 0.5) is 0 Å². The minimum absolute atomic E-state index is 0.0226. The van der Waals surface area contributed by atoms with Gasteiger partial charge >= 0.3 is 17.6 Å². The Balaban J connectivity index is 1.27. The summed E-state index contributed by atoms with van der Waals surface area (Å²) in [7, 11) is 0. The lowest BCUT2D eigenvalue weighted by Gasteiger charge is -2.03. The van der Waals surface area contributed by atoms with Gasteiger partial charge in [-0.05, 0) is 29.8 Å². The summed E-state index contributed by atoms with van der Waals surface area (Å²) in [6.07, 6.45) is 0. The van der Waals surface area contributed by atoms with Crippen LogP contribution in [0.2, 0.25) is 0 Å². The van der Waals surface area contributed by atoms with E-state index in [2.05, 4.69) is 15.5 Å². The molecule has 146 valence electrons. The predicted molar refractivity (Wildman–Crippen MR) is 97.6 cm³/mol. The van der Waals surface area contributed by atoms with Gasteiger partial charge in [-0.1, -0.05) is 23.4 Å². The van der Waals surface area contributed by atoms with Gasteiger partial charge in [0, 0.05) is 6.54 Å². The lowest BCUT2D eigenvalue weighted by Crippen LogP contribution is -2.23. The van der Waals surface area contributed by atoms with Gasteiger partial charge < -0.3 is 23.7 Å². The van der Waals surface area contributed by atoms with E-state index in [9.17, 15) is 9.59 Å². The molecule has 5 rings (SSSR count). The number of nitrogens with zero attached hydrogens (tertiary/aromatic N) is 3. The number of aromatic nitrogens is 3. The molecule has 1 aliphatic rings. The summed E-state index contributed by atoms with van der Waals surface area (Å²) in [5, 5.41) is 6.48. The maximum absolute atomic E-state index is 12.3. The van der Waals surface area contributed by atoms with Crippen LogP contribution in [-0.2, 0) is 13.1 Å². The first kappa shape index (κ1) is 17.0. The highest BCUT2D eigenvalue weighted by Gasteiger charge is 2.18.